The highest BCUT2D eigenvalue weighted by Crippen LogP contribution is 2.27. The lowest BCUT2D eigenvalue weighted by atomic mass is 10.3. The van der Waals surface area contributed by atoms with Gasteiger partial charge in [-0.25, -0.2) is 0 Å². The van der Waals surface area contributed by atoms with Crippen molar-refractivity contribution in [2.75, 3.05) is 0 Å². The van der Waals surface area contributed by atoms with E-state index in [4.69, 9.17) is 0 Å². The average molecular weight is 179 g/mol. The SMILES string of the molecule is O=COc1nsc2ccccc12. The van der Waals surface area contributed by atoms with Crippen LogP contribution in [0.25, 0.3) is 10.1 Å². The molecule has 0 atom stereocenters. The number of rotatable bonds is 2. The zero-order valence-electron chi connectivity index (χ0n) is 6.06. The molecule has 60 valence electrons. The lowest BCUT2D eigenvalue weighted by molar-refractivity contribution is -0.120. The van der Waals surface area contributed by atoms with Crippen LogP contribution in [-0.2, 0) is 4.79 Å². The molecule has 1 aromatic heterocycles. The average Bonchev–Trinajstić information content (AvgIpc) is 2.50. The molecule has 1 aromatic carbocycles. The van der Waals surface area contributed by atoms with Gasteiger partial charge in [-0.3, -0.25) is 4.79 Å². The van der Waals surface area contributed by atoms with Crippen LogP contribution in [0.1, 0.15) is 0 Å². The minimum atomic E-state index is 0.390. The monoisotopic (exact) mass is 179 g/mol. The van der Waals surface area contributed by atoms with Gasteiger partial charge in [-0.05, 0) is 23.7 Å². The number of carbonyl (C=O) groups excluding carboxylic acids is 1. The number of benzene rings is 1. The molecule has 0 fully saturated rings. The van der Waals surface area contributed by atoms with Gasteiger partial charge in [0.05, 0.1) is 10.1 Å². The molecule has 2 rings (SSSR count). The highest BCUT2D eigenvalue weighted by molar-refractivity contribution is 7.13. The first-order valence-corrected chi connectivity index (χ1v) is 4.14. The largest absolute Gasteiger partial charge is 0.408 e. The van der Waals surface area contributed by atoms with Gasteiger partial charge >= 0.3 is 0 Å². The molecular formula is C8H5NO2S. The molecule has 3 nitrogen and oxygen atoms in total. The summed E-state index contributed by atoms with van der Waals surface area (Å²) in [6.07, 6.45) is 0. The van der Waals surface area contributed by atoms with Crippen LogP contribution in [0.3, 0.4) is 0 Å². The van der Waals surface area contributed by atoms with Crippen molar-refractivity contribution < 1.29 is 9.53 Å². The first-order valence-electron chi connectivity index (χ1n) is 3.36. The second kappa shape index (κ2) is 2.91. The van der Waals surface area contributed by atoms with Crippen LogP contribution in [0.15, 0.2) is 24.3 Å². The molecule has 2 aromatic rings. The maximum absolute atomic E-state index is 10.1. The van der Waals surface area contributed by atoms with Gasteiger partial charge in [0.1, 0.15) is 0 Å². The van der Waals surface area contributed by atoms with Crippen molar-refractivity contribution in [3.63, 3.8) is 0 Å². The van der Waals surface area contributed by atoms with E-state index in [9.17, 15) is 4.79 Å². The van der Waals surface area contributed by atoms with E-state index >= 15 is 0 Å². The quantitative estimate of drug-likeness (QED) is 0.660. The fourth-order valence-corrected chi connectivity index (χ4v) is 1.71. The van der Waals surface area contributed by atoms with E-state index in [0.717, 1.165) is 10.1 Å². The maximum atomic E-state index is 10.1. The van der Waals surface area contributed by atoms with Crippen LogP contribution in [0, 0.1) is 0 Å². The highest BCUT2D eigenvalue weighted by Gasteiger charge is 2.04. The number of hydrogen-bond acceptors (Lipinski definition) is 4. The molecule has 0 amide bonds. The summed E-state index contributed by atoms with van der Waals surface area (Å²) in [5.41, 5.74) is 0. The van der Waals surface area contributed by atoms with Crippen LogP contribution < -0.4 is 4.74 Å². The molecule has 0 spiro atoms. The fourth-order valence-electron chi connectivity index (χ4n) is 0.993. The topological polar surface area (TPSA) is 39.2 Å². The van der Waals surface area contributed by atoms with Gasteiger partial charge in [0, 0.05) is 0 Å². The Hall–Kier alpha value is -1.42. The third kappa shape index (κ3) is 1.06. The lowest BCUT2D eigenvalue weighted by Gasteiger charge is -1.90. The molecule has 0 saturated carbocycles. The van der Waals surface area contributed by atoms with Gasteiger partial charge in [0.2, 0.25) is 5.88 Å². The molecule has 4 heteroatoms. The summed E-state index contributed by atoms with van der Waals surface area (Å²) in [6.45, 7) is 0.390. The molecular weight excluding hydrogens is 174 g/mol. The molecule has 0 radical (unpaired) electrons. The molecule has 0 bridgehead atoms. The van der Waals surface area contributed by atoms with E-state index < -0.39 is 0 Å². The van der Waals surface area contributed by atoms with Gasteiger partial charge < -0.3 is 4.74 Å². The van der Waals surface area contributed by atoms with Crippen molar-refractivity contribution in [3.05, 3.63) is 24.3 Å². The molecule has 0 unspecified atom stereocenters. The van der Waals surface area contributed by atoms with Crippen molar-refractivity contribution >= 4 is 28.1 Å². The highest BCUT2D eigenvalue weighted by atomic mass is 32.1. The summed E-state index contributed by atoms with van der Waals surface area (Å²) in [4.78, 5) is 10.1. The summed E-state index contributed by atoms with van der Waals surface area (Å²) < 4.78 is 9.67. The first kappa shape index (κ1) is 7.24. The Balaban J connectivity index is 2.62. The van der Waals surface area contributed by atoms with Crippen molar-refractivity contribution in [3.8, 4) is 5.88 Å². The number of fused-ring (bicyclic) bond motifs is 1. The van der Waals surface area contributed by atoms with Crippen LogP contribution in [0.2, 0.25) is 0 Å². The van der Waals surface area contributed by atoms with E-state index in [1.807, 2.05) is 24.3 Å². The second-order valence-corrected chi connectivity index (χ2v) is 3.00. The predicted octanol–water partition coefficient (Wildman–Crippen LogP) is 1.83. The van der Waals surface area contributed by atoms with Gasteiger partial charge in [-0.15, -0.1) is 0 Å². The molecule has 0 aliphatic heterocycles. The minimum absolute atomic E-state index is 0.390. The number of nitrogens with zero attached hydrogens (tertiary/aromatic N) is 1. The van der Waals surface area contributed by atoms with Gasteiger partial charge in [-0.2, -0.15) is 4.37 Å². The van der Waals surface area contributed by atoms with Crippen molar-refractivity contribution in [2.45, 2.75) is 0 Å². The fraction of sp³-hybridized carbons (Fsp3) is 0. The van der Waals surface area contributed by atoms with Crippen LogP contribution in [0.5, 0.6) is 5.88 Å². The Morgan fingerprint density at radius 2 is 2.25 bits per heavy atom. The summed E-state index contributed by atoms with van der Waals surface area (Å²) in [7, 11) is 0. The summed E-state index contributed by atoms with van der Waals surface area (Å²) >= 11 is 1.32. The number of aromatic nitrogens is 1. The third-order valence-corrected chi connectivity index (χ3v) is 2.31. The number of ether oxygens (including phenoxy) is 1. The molecule has 1 heterocycles. The lowest BCUT2D eigenvalue weighted by Crippen LogP contribution is -1.87. The van der Waals surface area contributed by atoms with E-state index in [0.29, 0.717) is 12.4 Å². The zero-order valence-corrected chi connectivity index (χ0v) is 6.88. The Morgan fingerprint density at radius 1 is 1.42 bits per heavy atom. The van der Waals surface area contributed by atoms with E-state index in [1.165, 1.54) is 11.5 Å². The van der Waals surface area contributed by atoms with Gasteiger partial charge in [0.15, 0.2) is 0 Å². The van der Waals surface area contributed by atoms with Crippen molar-refractivity contribution in [1.82, 2.24) is 4.37 Å². The predicted molar refractivity (Wildman–Crippen MR) is 46.3 cm³/mol. The second-order valence-electron chi connectivity index (χ2n) is 2.20. The molecule has 0 N–H and O–H groups in total. The summed E-state index contributed by atoms with van der Waals surface area (Å²) in [6, 6.07) is 7.61. The van der Waals surface area contributed by atoms with Gasteiger partial charge in [0.25, 0.3) is 6.47 Å². The van der Waals surface area contributed by atoms with Crippen LogP contribution in [0.4, 0.5) is 0 Å². The van der Waals surface area contributed by atoms with Crippen molar-refractivity contribution in [1.29, 1.82) is 0 Å². The number of hydrogen-bond donors (Lipinski definition) is 0. The summed E-state index contributed by atoms with van der Waals surface area (Å²) in [5.74, 6) is 0.394. The third-order valence-electron chi connectivity index (χ3n) is 1.50. The van der Waals surface area contributed by atoms with Crippen LogP contribution in [-0.4, -0.2) is 10.8 Å². The molecule has 0 aliphatic rings. The Kier molecular flexibility index (Phi) is 1.75. The van der Waals surface area contributed by atoms with Gasteiger partial charge in [-0.1, -0.05) is 12.1 Å². The summed E-state index contributed by atoms with van der Waals surface area (Å²) in [5, 5.41) is 0.884. The molecule has 0 aliphatic carbocycles. The standard InChI is InChI=1S/C8H5NO2S/c10-5-11-8-6-3-1-2-4-7(6)12-9-8/h1-5H. The van der Waals surface area contributed by atoms with E-state index in [-0.39, 0.29) is 0 Å². The van der Waals surface area contributed by atoms with Crippen molar-refractivity contribution in [2.24, 2.45) is 0 Å². The first-order chi connectivity index (χ1) is 5.92. The Labute approximate surface area is 72.8 Å². The smallest absolute Gasteiger partial charge is 0.299 e. The maximum Gasteiger partial charge on any atom is 0.299 e. The number of carbonyl (C=O) groups is 1. The minimum Gasteiger partial charge on any atom is -0.408 e. The molecule has 0 saturated heterocycles. The van der Waals surface area contributed by atoms with E-state index in [2.05, 4.69) is 9.11 Å². The Bertz CT molecular complexity index is 410. The molecule has 12 heavy (non-hydrogen) atoms. The van der Waals surface area contributed by atoms with Crippen LogP contribution >= 0.6 is 11.5 Å². The normalized spacial score (nSPS) is 10.0. The Morgan fingerprint density at radius 3 is 3.08 bits per heavy atom. The zero-order chi connectivity index (χ0) is 8.39. The van der Waals surface area contributed by atoms with E-state index in [1.54, 1.807) is 0 Å².